The number of aliphatic carboxylic acids is 3. The van der Waals surface area contributed by atoms with Crippen LogP contribution in [0.4, 0.5) is 0 Å². The first-order valence-corrected chi connectivity index (χ1v) is 13.8. The molecule has 210 valence electrons. The van der Waals surface area contributed by atoms with Crippen molar-refractivity contribution in [3.8, 4) is 0 Å². The van der Waals surface area contributed by atoms with Crippen LogP contribution in [0.2, 0.25) is 0 Å². The second kappa shape index (κ2) is 21.0. The summed E-state index contributed by atoms with van der Waals surface area (Å²) in [6.45, 7) is 2.37. The van der Waals surface area contributed by atoms with Gasteiger partial charge >= 0.3 is 17.9 Å². The molecule has 9 heteroatoms. The molecular formula is C27H49NO8. The molecule has 0 saturated carbocycles. The van der Waals surface area contributed by atoms with Crippen LogP contribution in [0.15, 0.2) is 0 Å². The van der Waals surface area contributed by atoms with Crippen LogP contribution in [0.1, 0.15) is 129 Å². The number of hydrogen-bond acceptors (Lipinski definition) is 5. The van der Waals surface area contributed by atoms with E-state index in [1.807, 2.05) is 0 Å². The molecule has 2 unspecified atom stereocenters. The summed E-state index contributed by atoms with van der Waals surface area (Å²) in [7, 11) is 0. The fraction of sp³-hybridized carbons (Fsp3) is 0.852. The topological polar surface area (TPSA) is 161 Å². The first-order valence-electron chi connectivity index (χ1n) is 13.8. The Labute approximate surface area is 216 Å². The van der Waals surface area contributed by atoms with Gasteiger partial charge in [-0.05, 0) is 19.3 Å². The number of carboxylic acids is 3. The van der Waals surface area contributed by atoms with E-state index in [4.69, 9.17) is 10.2 Å². The normalized spacial score (nSPS) is 13.6. The van der Waals surface area contributed by atoms with Crippen molar-refractivity contribution in [3.63, 3.8) is 0 Å². The molecule has 9 nitrogen and oxygen atoms in total. The van der Waals surface area contributed by atoms with Crippen molar-refractivity contribution in [3.05, 3.63) is 0 Å². The summed E-state index contributed by atoms with van der Waals surface area (Å²) in [5.41, 5.74) is -2.91. The number of hydrogen-bond donors (Lipinski definition) is 5. The van der Waals surface area contributed by atoms with Crippen LogP contribution in [0.3, 0.4) is 0 Å². The molecular weight excluding hydrogens is 466 g/mol. The van der Waals surface area contributed by atoms with E-state index < -0.39 is 35.8 Å². The van der Waals surface area contributed by atoms with Gasteiger partial charge in [-0.3, -0.25) is 14.4 Å². The molecule has 0 aliphatic carbocycles. The van der Waals surface area contributed by atoms with E-state index in [1.165, 1.54) is 77.0 Å². The summed E-state index contributed by atoms with van der Waals surface area (Å²) in [4.78, 5) is 45.6. The first kappa shape index (κ1) is 33.8. The number of nitrogens with one attached hydrogen (secondary N) is 1. The summed E-state index contributed by atoms with van der Waals surface area (Å²) in [5.74, 6) is -7.04. The van der Waals surface area contributed by atoms with Gasteiger partial charge in [-0.1, -0.05) is 96.8 Å². The molecule has 0 saturated heterocycles. The predicted octanol–water partition coefficient (Wildman–Crippen LogP) is 5.14. The summed E-state index contributed by atoms with van der Waals surface area (Å²) >= 11 is 0. The lowest BCUT2D eigenvalue weighted by Gasteiger charge is -2.28. The smallest absolute Gasteiger partial charge is 0.337 e. The zero-order chi connectivity index (χ0) is 27.2. The fourth-order valence-corrected chi connectivity index (χ4v) is 4.42. The highest BCUT2D eigenvalue weighted by molar-refractivity contribution is 5.89. The maximum atomic E-state index is 12.0. The predicted molar refractivity (Wildman–Crippen MR) is 138 cm³/mol. The molecule has 0 aromatic heterocycles. The van der Waals surface area contributed by atoms with Crippen LogP contribution in [0.5, 0.6) is 0 Å². The molecule has 36 heavy (non-hydrogen) atoms. The average molecular weight is 516 g/mol. The van der Waals surface area contributed by atoms with Crippen LogP contribution >= 0.6 is 0 Å². The molecule has 0 aromatic carbocycles. The van der Waals surface area contributed by atoms with E-state index in [0.717, 1.165) is 19.3 Å². The van der Waals surface area contributed by atoms with E-state index in [-0.39, 0.29) is 25.3 Å². The summed E-state index contributed by atoms with van der Waals surface area (Å²) in [6, 6.07) is 0. The molecule has 1 amide bonds. The van der Waals surface area contributed by atoms with Crippen molar-refractivity contribution >= 4 is 23.8 Å². The second-order valence-electron chi connectivity index (χ2n) is 9.88. The van der Waals surface area contributed by atoms with Crippen molar-refractivity contribution in [1.29, 1.82) is 0 Å². The van der Waals surface area contributed by atoms with Crippen molar-refractivity contribution in [2.24, 2.45) is 5.92 Å². The molecule has 0 fully saturated rings. The Hall–Kier alpha value is -2.16. The zero-order valence-electron chi connectivity index (χ0n) is 22.1. The Kier molecular flexibility index (Phi) is 19.7. The van der Waals surface area contributed by atoms with Crippen LogP contribution in [0.25, 0.3) is 0 Å². The van der Waals surface area contributed by atoms with Crippen molar-refractivity contribution in [1.82, 2.24) is 5.32 Å². The van der Waals surface area contributed by atoms with E-state index >= 15 is 0 Å². The molecule has 5 N–H and O–H groups in total. The molecule has 0 spiro atoms. The highest BCUT2D eigenvalue weighted by Gasteiger charge is 2.49. The van der Waals surface area contributed by atoms with Gasteiger partial charge in [0.05, 0.1) is 12.3 Å². The van der Waals surface area contributed by atoms with Crippen LogP contribution in [0, 0.1) is 5.92 Å². The first-order chi connectivity index (χ1) is 17.1. The van der Waals surface area contributed by atoms with E-state index in [9.17, 15) is 29.4 Å². The highest BCUT2D eigenvalue weighted by Crippen LogP contribution is 2.27. The van der Waals surface area contributed by atoms with Crippen molar-refractivity contribution in [2.75, 3.05) is 6.54 Å². The Morgan fingerprint density at radius 2 is 1.14 bits per heavy atom. The molecule has 0 heterocycles. The minimum atomic E-state index is -2.91. The number of aliphatic hydroxyl groups is 1. The highest BCUT2D eigenvalue weighted by atomic mass is 16.4. The maximum absolute atomic E-state index is 12.0. The lowest BCUT2D eigenvalue weighted by Crippen LogP contribution is -2.51. The molecule has 0 radical (unpaired) electrons. The SMILES string of the molecule is CCCCCCCCCCCCCCCCCC(=O)NCCCC(C(=O)O)C(O)(CC(=O)O)C(=O)O. The number of unbranched alkanes of at least 4 members (excludes halogenated alkanes) is 14. The number of carbonyl (C=O) groups is 4. The fourth-order valence-electron chi connectivity index (χ4n) is 4.42. The van der Waals surface area contributed by atoms with Crippen molar-refractivity contribution in [2.45, 2.75) is 135 Å². The van der Waals surface area contributed by atoms with Gasteiger partial charge in [0.2, 0.25) is 5.91 Å². The third kappa shape index (κ3) is 16.5. The third-order valence-electron chi connectivity index (χ3n) is 6.66. The lowest BCUT2D eigenvalue weighted by atomic mass is 9.81. The zero-order valence-corrected chi connectivity index (χ0v) is 22.1. The Balaban J connectivity index is 3.80. The summed E-state index contributed by atoms with van der Waals surface area (Å²) in [5, 5.41) is 40.1. The van der Waals surface area contributed by atoms with Gasteiger partial charge in [-0.2, -0.15) is 0 Å². The quantitative estimate of drug-likeness (QED) is 0.104. The average Bonchev–Trinajstić information content (AvgIpc) is 2.80. The van der Waals surface area contributed by atoms with Gasteiger partial charge in [0.25, 0.3) is 0 Å². The molecule has 0 bridgehead atoms. The van der Waals surface area contributed by atoms with Gasteiger partial charge in [-0.15, -0.1) is 0 Å². The molecule has 0 aromatic rings. The number of carboxylic acid groups (broad SMARTS) is 3. The van der Waals surface area contributed by atoms with E-state index in [0.29, 0.717) is 6.42 Å². The standard InChI is InChI=1S/C27H49NO8/c1-2-3-4-5-6-7-8-9-10-11-12-13-14-15-16-19-23(29)28-20-17-18-22(25(32)33)27(36,26(34)35)21-24(30)31/h22,36H,2-21H2,1H3,(H,28,29)(H,30,31)(H,32,33)(H,34,35). The minimum absolute atomic E-state index is 0.108. The van der Waals surface area contributed by atoms with Gasteiger partial charge < -0.3 is 25.7 Å². The van der Waals surface area contributed by atoms with Gasteiger partial charge in [0.15, 0.2) is 5.60 Å². The Bertz CT molecular complexity index is 639. The second-order valence-corrected chi connectivity index (χ2v) is 9.88. The summed E-state index contributed by atoms with van der Waals surface area (Å²) in [6.07, 6.45) is 17.7. The molecule has 0 aliphatic heterocycles. The van der Waals surface area contributed by atoms with Gasteiger partial charge in [0, 0.05) is 13.0 Å². The van der Waals surface area contributed by atoms with Crippen LogP contribution in [-0.2, 0) is 19.2 Å². The largest absolute Gasteiger partial charge is 0.481 e. The maximum Gasteiger partial charge on any atom is 0.337 e. The number of rotatable bonds is 25. The van der Waals surface area contributed by atoms with Gasteiger partial charge in [0.1, 0.15) is 0 Å². The molecule has 0 rings (SSSR count). The van der Waals surface area contributed by atoms with Gasteiger partial charge in [-0.25, -0.2) is 4.79 Å². The van der Waals surface area contributed by atoms with Crippen LogP contribution in [-0.4, -0.2) is 56.4 Å². The van der Waals surface area contributed by atoms with E-state index in [2.05, 4.69) is 12.2 Å². The molecule has 2 atom stereocenters. The molecule has 0 aliphatic rings. The lowest BCUT2D eigenvalue weighted by molar-refractivity contribution is -0.179. The van der Waals surface area contributed by atoms with Crippen molar-refractivity contribution < 1.29 is 39.6 Å². The number of amides is 1. The van der Waals surface area contributed by atoms with E-state index in [1.54, 1.807) is 0 Å². The van der Waals surface area contributed by atoms with Crippen LogP contribution < -0.4 is 5.32 Å². The minimum Gasteiger partial charge on any atom is -0.481 e. The number of carbonyl (C=O) groups excluding carboxylic acids is 1. The third-order valence-corrected chi connectivity index (χ3v) is 6.66. The monoisotopic (exact) mass is 515 g/mol. The Morgan fingerprint density at radius 1 is 0.694 bits per heavy atom. The Morgan fingerprint density at radius 3 is 1.53 bits per heavy atom. The summed E-state index contributed by atoms with van der Waals surface area (Å²) < 4.78 is 0.